The Bertz CT molecular complexity index is 438. The summed E-state index contributed by atoms with van der Waals surface area (Å²) in [6.07, 6.45) is 7.93. The number of rotatable bonds is 2. The summed E-state index contributed by atoms with van der Waals surface area (Å²) in [4.78, 5) is 4.41. The molecular formula is C16H24BrNO. The van der Waals surface area contributed by atoms with Crippen LogP contribution in [0.4, 0.5) is 0 Å². The van der Waals surface area contributed by atoms with E-state index in [0.717, 1.165) is 30.7 Å². The lowest BCUT2D eigenvalue weighted by Gasteiger charge is -2.32. The van der Waals surface area contributed by atoms with Crippen molar-refractivity contribution in [3.63, 3.8) is 0 Å². The van der Waals surface area contributed by atoms with Crippen molar-refractivity contribution < 1.29 is 4.74 Å². The van der Waals surface area contributed by atoms with Gasteiger partial charge in [0, 0.05) is 12.8 Å². The average Bonchev–Trinajstić information content (AvgIpc) is 2.55. The van der Waals surface area contributed by atoms with Gasteiger partial charge >= 0.3 is 0 Å². The van der Waals surface area contributed by atoms with Gasteiger partial charge in [-0.1, -0.05) is 42.3 Å². The van der Waals surface area contributed by atoms with Crippen LogP contribution in [0.1, 0.15) is 40.0 Å². The third-order valence-corrected chi connectivity index (χ3v) is 5.91. The van der Waals surface area contributed by atoms with Crippen LogP contribution < -0.4 is 0 Å². The number of nitrogens with zero attached hydrogens (tertiary/aromatic N) is 1. The van der Waals surface area contributed by atoms with Crippen LogP contribution in [0.5, 0.6) is 0 Å². The van der Waals surface area contributed by atoms with Gasteiger partial charge in [-0.15, -0.1) is 0 Å². The fourth-order valence-corrected chi connectivity index (χ4v) is 3.80. The van der Waals surface area contributed by atoms with Crippen molar-refractivity contribution in [1.29, 1.82) is 0 Å². The summed E-state index contributed by atoms with van der Waals surface area (Å²) >= 11 is 3.94. The van der Waals surface area contributed by atoms with Gasteiger partial charge in [0.25, 0.3) is 0 Å². The maximum Gasteiger partial charge on any atom is 0.118 e. The highest BCUT2D eigenvalue weighted by atomic mass is 79.9. The summed E-state index contributed by atoms with van der Waals surface area (Å²) in [5, 5.41) is 0. The molecule has 3 unspecified atom stereocenters. The van der Waals surface area contributed by atoms with E-state index in [-0.39, 0.29) is 4.32 Å². The zero-order valence-corrected chi connectivity index (χ0v) is 14.0. The molecule has 2 nitrogen and oxygen atoms in total. The maximum atomic E-state index is 6.09. The molecule has 1 saturated heterocycles. The second-order valence-corrected chi connectivity index (χ2v) is 7.16. The molecule has 106 valence electrons. The Morgan fingerprint density at radius 2 is 2.32 bits per heavy atom. The highest BCUT2D eigenvalue weighted by Crippen LogP contribution is 2.43. The molecule has 2 aliphatic rings. The smallest absolute Gasteiger partial charge is 0.118 e. The van der Waals surface area contributed by atoms with Crippen LogP contribution in [0.15, 0.2) is 28.5 Å². The summed E-state index contributed by atoms with van der Waals surface area (Å²) < 4.78 is 5.96. The molecule has 3 heteroatoms. The molecule has 0 saturated carbocycles. The number of alkyl halides is 1. The van der Waals surface area contributed by atoms with Crippen molar-refractivity contribution in [2.45, 2.75) is 44.4 Å². The fourth-order valence-electron chi connectivity index (χ4n) is 3.02. The Labute approximate surface area is 125 Å². The van der Waals surface area contributed by atoms with Crippen molar-refractivity contribution in [3.8, 4) is 0 Å². The average molecular weight is 326 g/mol. The van der Waals surface area contributed by atoms with Crippen molar-refractivity contribution in [3.05, 3.63) is 23.5 Å². The Balaban J connectivity index is 2.35. The molecule has 1 fully saturated rings. The van der Waals surface area contributed by atoms with Gasteiger partial charge in [-0.05, 0) is 43.3 Å². The predicted octanol–water partition coefficient (Wildman–Crippen LogP) is 4.51. The van der Waals surface area contributed by atoms with E-state index in [1.165, 1.54) is 5.57 Å². The van der Waals surface area contributed by atoms with Crippen LogP contribution in [0.25, 0.3) is 0 Å². The Kier molecular flexibility index (Phi) is 4.54. The van der Waals surface area contributed by atoms with E-state index in [4.69, 9.17) is 4.74 Å². The van der Waals surface area contributed by atoms with Crippen molar-refractivity contribution in [2.24, 2.45) is 16.8 Å². The van der Waals surface area contributed by atoms with Crippen molar-refractivity contribution >= 4 is 21.6 Å². The SMILES string of the molecule is CCC1CC2=CC(C)CC=C2OCC1(Br)C(C)=NC. The standard InChI is InChI=1S/C16H24BrNO/c1-5-14-9-13-8-11(2)6-7-15(13)19-10-16(14,17)12(3)18-4/h7-8,11,14H,5-6,9-10H2,1-4H3. The van der Waals surface area contributed by atoms with Gasteiger partial charge in [0.1, 0.15) is 16.7 Å². The Hall–Kier alpha value is -0.570. The summed E-state index contributed by atoms with van der Waals surface area (Å²) in [5.74, 6) is 2.25. The molecule has 19 heavy (non-hydrogen) atoms. The lowest BCUT2D eigenvalue weighted by Crippen LogP contribution is -2.41. The minimum atomic E-state index is -0.126. The molecule has 1 heterocycles. The molecule has 0 bridgehead atoms. The molecular weight excluding hydrogens is 302 g/mol. The van der Waals surface area contributed by atoms with E-state index >= 15 is 0 Å². The quantitative estimate of drug-likeness (QED) is 0.540. The van der Waals surface area contributed by atoms with Crippen LogP contribution in [-0.2, 0) is 4.74 Å². The van der Waals surface area contributed by atoms with Crippen molar-refractivity contribution in [1.82, 2.24) is 0 Å². The van der Waals surface area contributed by atoms with E-state index in [1.807, 2.05) is 7.05 Å². The Morgan fingerprint density at radius 1 is 1.58 bits per heavy atom. The fraction of sp³-hybridized carbons (Fsp3) is 0.688. The minimum absolute atomic E-state index is 0.126. The van der Waals surface area contributed by atoms with E-state index < -0.39 is 0 Å². The number of halogens is 1. The second-order valence-electron chi connectivity index (χ2n) is 5.74. The third-order valence-electron chi connectivity index (χ3n) is 4.46. The molecule has 0 aromatic carbocycles. The summed E-state index contributed by atoms with van der Waals surface area (Å²) in [6, 6.07) is 0. The topological polar surface area (TPSA) is 21.6 Å². The van der Waals surface area contributed by atoms with Gasteiger partial charge in [-0.3, -0.25) is 4.99 Å². The molecule has 0 amide bonds. The van der Waals surface area contributed by atoms with Crippen LogP contribution in [0.2, 0.25) is 0 Å². The Morgan fingerprint density at radius 3 is 2.95 bits per heavy atom. The first kappa shape index (κ1) is 14.8. The van der Waals surface area contributed by atoms with Gasteiger partial charge in [0.05, 0.1) is 0 Å². The molecule has 0 spiro atoms. The number of allylic oxidation sites excluding steroid dienone is 3. The molecule has 2 rings (SSSR count). The monoisotopic (exact) mass is 325 g/mol. The predicted molar refractivity (Wildman–Crippen MR) is 85.0 cm³/mol. The van der Waals surface area contributed by atoms with Gasteiger partial charge in [0.15, 0.2) is 0 Å². The minimum Gasteiger partial charge on any atom is -0.492 e. The number of hydrogen-bond acceptors (Lipinski definition) is 2. The van der Waals surface area contributed by atoms with E-state index in [1.54, 1.807) is 0 Å². The van der Waals surface area contributed by atoms with Gasteiger partial charge < -0.3 is 4.74 Å². The van der Waals surface area contributed by atoms with Crippen LogP contribution in [-0.4, -0.2) is 23.7 Å². The molecule has 0 aromatic heterocycles. The first-order chi connectivity index (χ1) is 9.01. The normalized spacial score (nSPS) is 35.7. The zero-order valence-electron chi connectivity index (χ0n) is 12.4. The van der Waals surface area contributed by atoms with E-state index in [9.17, 15) is 0 Å². The summed E-state index contributed by atoms with van der Waals surface area (Å²) in [5.41, 5.74) is 2.52. The molecule has 0 aromatic rings. The summed E-state index contributed by atoms with van der Waals surface area (Å²) in [6.45, 7) is 7.30. The first-order valence-electron chi connectivity index (χ1n) is 7.18. The largest absolute Gasteiger partial charge is 0.492 e. The zero-order chi connectivity index (χ0) is 14.0. The van der Waals surface area contributed by atoms with E-state index in [2.05, 4.69) is 53.8 Å². The number of aliphatic imine (C=N–C) groups is 1. The van der Waals surface area contributed by atoms with Crippen LogP contribution in [0.3, 0.4) is 0 Å². The highest BCUT2D eigenvalue weighted by Gasteiger charge is 2.42. The highest BCUT2D eigenvalue weighted by molar-refractivity contribution is 9.10. The molecule has 1 aliphatic carbocycles. The maximum absolute atomic E-state index is 6.09. The molecule has 1 aliphatic heterocycles. The number of fused-ring (bicyclic) bond motifs is 1. The number of ether oxygens (including phenoxy) is 1. The number of hydrogen-bond donors (Lipinski definition) is 0. The second kappa shape index (κ2) is 5.82. The van der Waals surface area contributed by atoms with Crippen LogP contribution >= 0.6 is 15.9 Å². The van der Waals surface area contributed by atoms with Gasteiger partial charge in [-0.25, -0.2) is 0 Å². The third kappa shape index (κ3) is 2.81. The van der Waals surface area contributed by atoms with Gasteiger partial charge in [0.2, 0.25) is 0 Å². The molecule has 0 N–H and O–H groups in total. The van der Waals surface area contributed by atoms with Gasteiger partial charge in [-0.2, -0.15) is 0 Å². The van der Waals surface area contributed by atoms with Crippen molar-refractivity contribution in [2.75, 3.05) is 13.7 Å². The van der Waals surface area contributed by atoms with Crippen LogP contribution in [0, 0.1) is 11.8 Å². The molecule has 0 radical (unpaired) electrons. The van der Waals surface area contributed by atoms with E-state index in [0.29, 0.717) is 18.4 Å². The molecule has 3 atom stereocenters. The first-order valence-corrected chi connectivity index (χ1v) is 7.97. The lowest BCUT2D eigenvalue weighted by molar-refractivity contribution is 0.201. The lowest BCUT2D eigenvalue weighted by atomic mass is 9.81. The summed E-state index contributed by atoms with van der Waals surface area (Å²) in [7, 11) is 1.86.